The van der Waals surface area contributed by atoms with Crippen LogP contribution in [0.15, 0.2) is 65.6 Å². The average Bonchev–Trinajstić information content (AvgIpc) is 2.56. The molecule has 0 aromatic heterocycles. The van der Waals surface area contributed by atoms with E-state index in [0.29, 0.717) is 6.54 Å². The first-order valence-electron chi connectivity index (χ1n) is 7.20. The largest absolute Gasteiger partial charge is 0.340 e. The SMILES string of the molecule is CN(Cc1ccccc1)C(=O)CN(C)S(=O)(=O)c1ccccc1. The Balaban J connectivity index is 2.02. The number of nitrogens with zero attached hydrogens (tertiary/aromatic N) is 2. The van der Waals surface area contributed by atoms with Gasteiger partial charge in [0.1, 0.15) is 0 Å². The fraction of sp³-hybridized carbons (Fsp3) is 0.235. The van der Waals surface area contributed by atoms with Gasteiger partial charge in [-0.15, -0.1) is 0 Å². The molecule has 2 aromatic rings. The van der Waals surface area contributed by atoms with Gasteiger partial charge in [0, 0.05) is 20.6 Å². The van der Waals surface area contributed by atoms with Crippen molar-refractivity contribution < 1.29 is 13.2 Å². The molecular formula is C17H20N2O3S. The van der Waals surface area contributed by atoms with Crippen LogP contribution in [-0.4, -0.2) is 44.2 Å². The third-order valence-electron chi connectivity index (χ3n) is 3.50. The first-order chi connectivity index (χ1) is 10.9. The van der Waals surface area contributed by atoms with Crippen LogP contribution < -0.4 is 0 Å². The van der Waals surface area contributed by atoms with Crippen molar-refractivity contribution in [2.45, 2.75) is 11.4 Å². The first kappa shape index (κ1) is 17.2. The smallest absolute Gasteiger partial charge is 0.243 e. The zero-order valence-corrected chi connectivity index (χ0v) is 14.0. The van der Waals surface area contributed by atoms with Crippen molar-refractivity contribution >= 4 is 15.9 Å². The molecule has 0 unspecified atom stereocenters. The summed E-state index contributed by atoms with van der Waals surface area (Å²) in [7, 11) is -0.576. The highest BCUT2D eigenvalue weighted by molar-refractivity contribution is 7.89. The molecule has 0 fully saturated rings. The highest BCUT2D eigenvalue weighted by Crippen LogP contribution is 2.13. The molecule has 0 saturated carbocycles. The molecule has 6 heteroatoms. The van der Waals surface area contributed by atoms with Crippen LogP contribution in [0.4, 0.5) is 0 Å². The zero-order chi connectivity index (χ0) is 16.9. The third-order valence-corrected chi connectivity index (χ3v) is 5.32. The molecule has 0 N–H and O–H groups in total. The number of hydrogen-bond acceptors (Lipinski definition) is 3. The minimum Gasteiger partial charge on any atom is -0.340 e. The van der Waals surface area contributed by atoms with Gasteiger partial charge in [-0.1, -0.05) is 48.5 Å². The van der Waals surface area contributed by atoms with Crippen LogP contribution in [0.25, 0.3) is 0 Å². The Bertz CT molecular complexity index is 746. The van der Waals surface area contributed by atoms with Crippen molar-refractivity contribution in [1.29, 1.82) is 0 Å². The topological polar surface area (TPSA) is 57.7 Å². The van der Waals surface area contributed by atoms with Crippen molar-refractivity contribution in [2.24, 2.45) is 0 Å². The third kappa shape index (κ3) is 4.40. The number of carbonyl (C=O) groups excluding carboxylic acids is 1. The zero-order valence-electron chi connectivity index (χ0n) is 13.2. The highest BCUT2D eigenvalue weighted by atomic mass is 32.2. The molecule has 0 aliphatic rings. The maximum absolute atomic E-state index is 12.4. The Kier molecular flexibility index (Phi) is 5.52. The van der Waals surface area contributed by atoms with E-state index in [4.69, 9.17) is 0 Å². The second-order valence-electron chi connectivity index (χ2n) is 5.31. The van der Waals surface area contributed by atoms with Crippen molar-refractivity contribution in [3.05, 3.63) is 66.2 Å². The van der Waals surface area contributed by atoms with Gasteiger partial charge in [0.05, 0.1) is 11.4 Å². The molecule has 0 saturated heterocycles. The summed E-state index contributed by atoms with van der Waals surface area (Å²) in [5.41, 5.74) is 0.997. The van der Waals surface area contributed by atoms with E-state index in [-0.39, 0.29) is 17.3 Å². The number of hydrogen-bond donors (Lipinski definition) is 0. The summed E-state index contributed by atoms with van der Waals surface area (Å²) in [4.78, 5) is 14.0. The number of sulfonamides is 1. The van der Waals surface area contributed by atoms with E-state index >= 15 is 0 Å². The molecule has 5 nitrogen and oxygen atoms in total. The van der Waals surface area contributed by atoms with Crippen molar-refractivity contribution in [3.63, 3.8) is 0 Å². The number of amides is 1. The predicted octanol–water partition coefficient (Wildman–Crippen LogP) is 1.97. The molecule has 0 aliphatic heterocycles. The molecule has 2 aromatic carbocycles. The minimum absolute atomic E-state index is 0.181. The molecule has 0 bridgehead atoms. The molecule has 0 atom stereocenters. The molecular weight excluding hydrogens is 312 g/mol. The fourth-order valence-electron chi connectivity index (χ4n) is 2.11. The molecule has 0 radical (unpaired) electrons. The van der Waals surface area contributed by atoms with Gasteiger partial charge in [-0.2, -0.15) is 4.31 Å². The van der Waals surface area contributed by atoms with Crippen molar-refractivity contribution in [2.75, 3.05) is 20.6 Å². The normalized spacial score (nSPS) is 11.4. The maximum atomic E-state index is 12.4. The summed E-state index contributed by atoms with van der Waals surface area (Å²) in [5, 5.41) is 0. The second kappa shape index (κ2) is 7.39. The van der Waals surface area contributed by atoms with Crippen LogP contribution >= 0.6 is 0 Å². The van der Waals surface area contributed by atoms with Gasteiger partial charge in [0.15, 0.2) is 0 Å². The average molecular weight is 332 g/mol. The summed E-state index contributed by atoms with van der Waals surface area (Å²) in [5.74, 6) is -0.254. The quantitative estimate of drug-likeness (QED) is 0.812. The summed E-state index contributed by atoms with van der Waals surface area (Å²) >= 11 is 0. The van der Waals surface area contributed by atoms with Crippen LogP contribution in [0.5, 0.6) is 0 Å². The summed E-state index contributed by atoms with van der Waals surface area (Å²) in [6.45, 7) is 0.249. The van der Waals surface area contributed by atoms with E-state index in [1.54, 1.807) is 25.2 Å². The van der Waals surface area contributed by atoms with Gasteiger partial charge >= 0.3 is 0 Å². The highest BCUT2D eigenvalue weighted by Gasteiger charge is 2.23. The van der Waals surface area contributed by atoms with Crippen LogP contribution in [0, 0.1) is 0 Å². The predicted molar refractivity (Wildman–Crippen MR) is 89.2 cm³/mol. The Morgan fingerprint density at radius 2 is 1.43 bits per heavy atom. The van der Waals surface area contributed by atoms with E-state index in [1.807, 2.05) is 30.3 Å². The van der Waals surface area contributed by atoms with E-state index in [9.17, 15) is 13.2 Å². The van der Waals surface area contributed by atoms with E-state index in [1.165, 1.54) is 24.1 Å². The first-order valence-corrected chi connectivity index (χ1v) is 8.64. The van der Waals surface area contributed by atoms with Gasteiger partial charge in [-0.25, -0.2) is 8.42 Å². The summed E-state index contributed by atoms with van der Waals surface area (Å²) < 4.78 is 25.9. The molecule has 23 heavy (non-hydrogen) atoms. The van der Waals surface area contributed by atoms with E-state index in [2.05, 4.69) is 0 Å². The van der Waals surface area contributed by atoms with Crippen LogP contribution in [0.1, 0.15) is 5.56 Å². The standard InChI is InChI=1S/C17H20N2O3S/c1-18(13-15-9-5-3-6-10-15)17(20)14-19(2)23(21,22)16-11-7-4-8-12-16/h3-12H,13-14H2,1-2H3. The Labute approximate surface area is 137 Å². The number of rotatable bonds is 6. The van der Waals surface area contributed by atoms with Gasteiger partial charge < -0.3 is 4.90 Å². The van der Waals surface area contributed by atoms with Crippen LogP contribution in [0.2, 0.25) is 0 Å². The lowest BCUT2D eigenvalue weighted by Gasteiger charge is -2.22. The lowest BCUT2D eigenvalue weighted by Crippen LogP contribution is -2.39. The second-order valence-corrected chi connectivity index (χ2v) is 7.35. The van der Waals surface area contributed by atoms with Crippen molar-refractivity contribution in [3.8, 4) is 0 Å². The summed E-state index contributed by atoms with van der Waals surface area (Å²) in [6, 6.07) is 17.7. The molecule has 2 rings (SSSR count). The van der Waals surface area contributed by atoms with Gasteiger partial charge in [-0.3, -0.25) is 4.79 Å². The lowest BCUT2D eigenvalue weighted by molar-refractivity contribution is -0.130. The van der Waals surface area contributed by atoms with Crippen LogP contribution in [0.3, 0.4) is 0 Å². The maximum Gasteiger partial charge on any atom is 0.243 e. The number of carbonyl (C=O) groups is 1. The molecule has 122 valence electrons. The van der Waals surface area contributed by atoms with Gasteiger partial charge in [0.25, 0.3) is 0 Å². The Hall–Kier alpha value is -2.18. The fourth-order valence-corrected chi connectivity index (χ4v) is 3.26. The van der Waals surface area contributed by atoms with Gasteiger partial charge in [0.2, 0.25) is 15.9 Å². The van der Waals surface area contributed by atoms with Gasteiger partial charge in [-0.05, 0) is 17.7 Å². The molecule has 0 heterocycles. The molecule has 0 spiro atoms. The van der Waals surface area contributed by atoms with Crippen LogP contribution in [-0.2, 0) is 21.4 Å². The Morgan fingerprint density at radius 3 is 2.00 bits per heavy atom. The lowest BCUT2D eigenvalue weighted by atomic mass is 10.2. The minimum atomic E-state index is -3.65. The van der Waals surface area contributed by atoms with E-state index < -0.39 is 10.0 Å². The number of benzene rings is 2. The van der Waals surface area contributed by atoms with E-state index in [0.717, 1.165) is 9.87 Å². The summed E-state index contributed by atoms with van der Waals surface area (Å²) in [6.07, 6.45) is 0. The van der Waals surface area contributed by atoms with Crippen molar-refractivity contribution in [1.82, 2.24) is 9.21 Å². The Morgan fingerprint density at radius 1 is 0.913 bits per heavy atom. The number of likely N-dealkylation sites (N-methyl/N-ethyl adjacent to an activating group) is 2. The molecule has 1 amide bonds. The molecule has 0 aliphatic carbocycles. The monoisotopic (exact) mass is 332 g/mol.